The van der Waals surface area contributed by atoms with E-state index in [9.17, 15) is 4.39 Å². The van der Waals surface area contributed by atoms with Crippen molar-refractivity contribution in [3.63, 3.8) is 0 Å². The van der Waals surface area contributed by atoms with Gasteiger partial charge in [0.05, 0.1) is 15.9 Å². The van der Waals surface area contributed by atoms with E-state index in [-0.39, 0.29) is 5.82 Å². The van der Waals surface area contributed by atoms with Crippen molar-refractivity contribution in [1.82, 2.24) is 15.1 Å². The van der Waals surface area contributed by atoms with Gasteiger partial charge in [-0.15, -0.1) is 0 Å². The molecule has 1 fully saturated rings. The molecule has 0 saturated heterocycles. The summed E-state index contributed by atoms with van der Waals surface area (Å²) in [6.07, 6.45) is 2.47. The number of hydrogen-bond donors (Lipinski definition) is 1. The first kappa shape index (κ1) is 13.8. The van der Waals surface area contributed by atoms with E-state index in [1.165, 1.54) is 12.8 Å². The smallest absolute Gasteiger partial charge is 0.149 e. The maximum atomic E-state index is 14.3. The zero-order valence-corrected chi connectivity index (χ0v) is 13.2. The largest absolute Gasteiger partial charge is 0.310 e. The van der Waals surface area contributed by atoms with Crippen LogP contribution in [-0.4, -0.2) is 15.8 Å². The second-order valence-corrected chi connectivity index (χ2v) is 6.13. The van der Waals surface area contributed by atoms with Crippen molar-refractivity contribution in [3.05, 3.63) is 45.4 Å². The van der Waals surface area contributed by atoms with Gasteiger partial charge in [0, 0.05) is 12.6 Å². The number of halogens is 2. The van der Waals surface area contributed by atoms with E-state index in [1.54, 1.807) is 16.8 Å². The van der Waals surface area contributed by atoms with Crippen LogP contribution in [0.5, 0.6) is 0 Å². The summed E-state index contributed by atoms with van der Waals surface area (Å²) in [6, 6.07) is 5.97. The molecule has 3 rings (SSSR count). The van der Waals surface area contributed by atoms with Crippen LogP contribution in [0.2, 0.25) is 0 Å². The van der Waals surface area contributed by atoms with Gasteiger partial charge < -0.3 is 5.32 Å². The molecule has 0 atom stereocenters. The van der Waals surface area contributed by atoms with E-state index < -0.39 is 0 Å². The molecule has 0 unspecified atom stereocenters. The van der Waals surface area contributed by atoms with Gasteiger partial charge in [0.15, 0.2) is 0 Å². The average Bonchev–Trinajstić information content (AvgIpc) is 3.21. The summed E-state index contributed by atoms with van der Waals surface area (Å²) in [6.45, 7) is 4.55. The molecule has 1 aliphatic carbocycles. The van der Waals surface area contributed by atoms with Gasteiger partial charge in [-0.3, -0.25) is 0 Å². The zero-order valence-electron chi connectivity index (χ0n) is 11.6. The predicted octanol–water partition coefficient (Wildman–Crippen LogP) is 3.64. The van der Waals surface area contributed by atoms with Crippen LogP contribution in [0.15, 0.2) is 22.7 Å². The average molecular weight is 338 g/mol. The van der Waals surface area contributed by atoms with Crippen molar-refractivity contribution < 1.29 is 4.39 Å². The molecule has 0 aliphatic heterocycles. The first-order valence-electron chi connectivity index (χ1n) is 6.80. The predicted molar refractivity (Wildman–Crippen MR) is 80.6 cm³/mol. The summed E-state index contributed by atoms with van der Waals surface area (Å²) in [4.78, 5) is 0. The molecule has 0 amide bonds. The maximum absolute atomic E-state index is 14.3. The first-order valence-corrected chi connectivity index (χ1v) is 7.59. The quantitative estimate of drug-likeness (QED) is 0.922. The Morgan fingerprint density at radius 1 is 1.40 bits per heavy atom. The molecule has 0 radical (unpaired) electrons. The minimum Gasteiger partial charge on any atom is -0.310 e. The minimum absolute atomic E-state index is 0.238. The monoisotopic (exact) mass is 337 g/mol. The van der Waals surface area contributed by atoms with Gasteiger partial charge >= 0.3 is 0 Å². The van der Waals surface area contributed by atoms with Crippen LogP contribution in [0.1, 0.15) is 29.8 Å². The molecule has 1 heterocycles. The number of benzene rings is 1. The fourth-order valence-electron chi connectivity index (χ4n) is 2.24. The van der Waals surface area contributed by atoms with Gasteiger partial charge in [0.1, 0.15) is 11.5 Å². The van der Waals surface area contributed by atoms with Gasteiger partial charge in [-0.1, -0.05) is 6.07 Å². The fraction of sp³-hybridized carbons (Fsp3) is 0.400. The van der Waals surface area contributed by atoms with Crippen LogP contribution in [0, 0.1) is 19.7 Å². The van der Waals surface area contributed by atoms with Gasteiger partial charge in [0.2, 0.25) is 0 Å². The Bertz CT molecular complexity index is 647. The highest BCUT2D eigenvalue weighted by Gasteiger charge is 2.20. The second-order valence-electron chi connectivity index (χ2n) is 5.34. The van der Waals surface area contributed by atoms with Crippen LogP contribution in [-0.2, 0) is 6.54 Å². The molecule has 3 nitrogen and oxygen atoms in total. The van der Waals surface area contributed by atoms with Gasteiger partial charge in [-0.05, 0) is 60.3 Å². The van der Waals surface area contributed by atoms with Crippen molar-refractivity contribution in [1.29, 1.82) is 0 Å². The Kier molecular flexibility index (Phi) is 3.65. The third-order valence-electron chi connectivity index (χ3n) is 3.62. The lowest BCUT2D eigenvalue weighted by molar-refractivity contribution is 0.601. The summed E-state index contributed by atoms with van der Waals surface area (Å²) in [5.74, 6) is -0.238. The van der Waals surface area contributed by atoms with Gasteiger partial charge in [-0.2, -0.15) is 5.10 Å². The molecule has 1 aromatic carbocycles. The highest BCUT2D eigenvalue weighted by Crippen LogP contribution is 2.25. The number of rotatable bonds is 4. The van der Waals surface area contributed by atoms with E-state index in [4.69, 9.17) is 0 Å². The van der Waals surface area contributed by atoms with Crippen LogP contribution in [0.4, 0.5) is 4.39 Å². The Morgan fingerprint density at radius 3 is 2.70 bits per heavy atom. The van der Waals surface area contributed by atoms with Crippen LogP contribution < -0.4 is 5.32 Å². The molecule has 0 spiro atoms. The maximum Gasteiger partial charge on any atom is 0.149 e. The minimum atomic E-state index is -0.238. The van der Waals surface area contributed by atoms with Crippen LogP contribution in [0.3, 0.4) is 0 Å². The fourth-order valence-corrected chi connectivity index (χ4v) is 2.49. The van der Waals surface area contributed by atoms with Crippen LogP contribution in [0.25, 0.3) is 5.69 Å². The highest BCUT2D eigenvalue weighted by molar-refractivity contribution is 9.10. The molecule has 0 bridgehead atoms. The Morgan fingerprint density at radius 2 is 2.15 bits per heavy atom. The second kappa shape index (κ2) is 5.30. The van der Waals surface area contributed by atoms with Crippen molar-refractivity contribution >= 4 is 15.9 Å². The normalized spacial score (nSPS) is 14.8. The number of nitrogens with one attached hydrogen (secondary N) is 1. The molecule has 2 aromatic rings. The molecule has 1 aliphatic rings. The van der Waals surface area contributed by atoms with Crippen molar-refractivity contribution in [2.45, 2.75) is 39.3 Å². The summed E-state index contributed by atoms with van der Waals surface area (Å²) in [5, 5.41) is 7.76. The topological polar surface area (TPSA) is 29.9 Å². The molecule has 1 saturated carbocycles. The SMILES string of the molecule is Cc1nn(-c2ccc(CNC3CC3)cc2F)c(C)c1Br. The Labute approximate surface area is 126 Å². The summed E-state index contributed by atoms with van der Waals surface area (Å²) >= 11 is 3.47. The number of hydrogen-bond acceptors (Lipinski definition) is 2. The molecular weight excluding hydrogens is 321 g/mol. The standard InChI is InChI=1S/C15H17BrFN3/c1-9-15(16)10(2)20(19-9)14-6-3-11(7-13(14)17)8-18-12-4-5-12/h3,6-7,12,18H,4-5,8H2,1-2H3. The number of nitrogens with zero attached hydrogens (tertiary/aromatic N) is 2. The number of aromatic nitrogens is 2. The van der Waals surface area contributed by atoms with Crippen LogP contribution >= 0.6 is 15.9 Å². The van der Waals surface area contributed by atoms with E-state index in [0.717, 1.165) is 28.0 Å². The third kappa shape index (κ3) is 2.65. The van der Waals surface area contributed by atoms with Gasteiger partial charge in [-0.25, -0.2) is 9.07 Å². The van der Waals surface area contributed by atoms with Crippen molar-refractivity contribution in [3.8, 4) is 5.69 Å². The van der Waals surface area contributed by atoms with Crippen molar-refractivity contribution in [2.24, 2.45) is 0 Å². The molecule has 1 aromatic heterocycles. The lowest BCUT2D eigenvalue weighted by atomic mass is 10.2. The molecule has 1 N–H and O–H groups in total. The van der Waals surface area contributed by atoms with E-state index in [2.05, 4.69) is 26.3 Å². The Hall–Kier alpha value is -1.20. The van der Waals surface area contributed by atoms with Gasteiger partial charge in [0.25, 0.3) is 0 Å². The first-order chi connectivity index (χ1) is 9.56. The summed E-state index contributed by atoms with van der Waals surface area (Å²) in [7, 11) is 0. The molecule has 106 valence electrons. The Balaban J connectivity index is 1.87. The van der Waals surface area contributed by atoms with Crippen molar-refractivity contribution in [2.75, 3.05) is 0 Å². The molecule has 5 heteroatoms. The lowest BCUT2D eigenvalue weighted by Crippen LogP contribution is -2.15. The third-order valence-corrected chi connectivity index (χ3v) is 4.76. The molecule has 20 heavy (non-hydrogen) atoms. The van der Waals surface area contributed by atoms with E-state index in [0.29, 0.717) is 11.7 Å². The van der Waals surface area contributed by atoms with E-state index in [1.807, 2.05) is 19.9 Å². The summed E-state index contributed by atoms with van der Waals surface area (Å²) < 4.78 is 16.9. The molecular formula is C15H17BrFN3. The lowest BCUT2D eigenvalue weighted by Gasteiger charge is -2.09. The number of aryl methyl sites for hydroxylation is 1. The highest BCUT2D eigenvalue weighted by atomic mass is 79.9. The van der Waals surface area contributed by atoms with E-state index >= 15 is 0 Å². The summed E-state index contributed by atoms with van der Waals surface area (Å²) in [5.41, 5.74) is 3.23. The zero-order chi connectivity index (χ0) is 14.3.